The summed E-state index contributed by atoms with van der Waals surface area (Å²) in [5, 5.41) is 0.612. The molecule has 0 radical (unpaired) electrons. The van der Waals surface area contributed by atoms with Gasteiger partial charge in [0.2, 0.25) is 0 Å². The van der Waals surface area contributed by atoms with E-state index in [1.807, 2.05) is 19.9 Å². The minimum absolute atomic E-state index is 0.612. The Bertz CT molecular complexity index is 433. The van der Waals surface area contributed by atoms with Crippen molar-refractivity contribution in [2.75, 3.05) is 5.73 Å². The molecule has 62 valence electrons. The van der Waals surface area contributed by atoms with Gasteiger partial charge in [0.1, 0.15) is 5.52 Å². The molecule has 0 spiro atoms. The standard InChI is InChI=1S/C8H9N3S/c1-4-3-6-7(5(2)10-4)11-8(9)12-6/h3H,1-2H3,(H2,9,11). The van der Waals surface area contributed by atoms with Gasteiger partial charge in [-0.1, -0.05) is 11.3 Å². The van der Waals surface area contributed by atoms with E-state index in [-0.39, 0.29) is 0 Å². The number of nitrogens with two attached hydrogens (primary N) is 1. The fourth-order valence-electron chi connectivity index (χ4n) is 1.25. The van der Waals surface area contributed by atoms with Gasteiger partial charge >= 0.3 is 0 Å². The molecule has 0 aromatic carbocycles. The maximum atomic E-state index is 5.59. The molecule has 0 bridgehead atoms. The van der Waals surface area contributed by atoms with Gasteiger partial charge in [0, 0.05) is 5.69 Å². The van der Waals surface area contributed by atoms with E-state index < -0.39 is 0 Å². The van der Waals surface area contributed by atoms with Gasteiger partial charge in [-0.2, -0.15) is 0 Å². The molecule has 3 nitrogen and oxygen atoms in total. The molecule has 2 heterocycles. The van der Waals surface area contributed by atoms with Crippen molar-refractivity contribution in [1.82, 2.24) is 9.97 Å². The number of hydrogen-bond donors (Lipinski definition) is 1. The predicted molar refractivity (Wildman–Crippen MR) is 51.3 cm³/mol. The lowest BCUT2D eigenvalue weighted by Crippen LogP contribution is -1.86. The molecule has 0 fully saturated rings. The maximum absolute atomic E-state index is 5.59. The summed E-state index contributed by atoms with van der Waals surface area (Å²) in [5.74, 6) is 0. The molecule has 0 unspecified atom stereocenters. The second-order valence-electron chi connectivity index (χ2n) is 2.75. The summed E-state index contributed by atoms with van der Waals surface area (Å²) in [5.41, 5.74) is 8.50. The first-order valence-electron chi connectivity index (χ1n) is 3.67. The van der Waals surface area contributed by atoms with Crippen molar-refractivity contribution in [3.05, 3.63) is 17.5 Å². The molecule has 2 rings (SSSR count). The second-order valence-corrected chi connectivity index (χ2v) is 3.81. The van der Waals surface area contributed by atoms with E-state index in [9.17, 15) is 0 Å². The number of hydrogen-bond acceptors (Lipinski definition) is 4. The van der Waals surface area contributed by atoms with E-state index in [1.165, 1.54) is 11.3 Å². The Balaban J connectivity index is 2.88. The van der Waals surface area contributed by atoms with Crippen LogP contribution in [0.25, 0.3) is 10.2 Å². The van der Waals surface area contributed by atoms with E-state index in [4.69, 9.17) is 5.73 Å². The molecule has 2 aromatic rings. The van der Waals surface area contributed by atoms with Crippen LogP contribution in [0.4, 0.5) is 5.13 Å². The van der Waals surface area contributed by atoms with E-state index >= 15 is 0 Å². The number of nitrogens with zero attached hydrogens (tertiary/aromatic N) is 2. The number of rotatable bonds is 0. The lowest BCUT2D eigenvalue weighted by atomic mass is 10.3. The molecular weight excluding hydrogens is 170 g/mol. The van der Waals surface area contributed by atoms with Crippen molar-refractivity contribution in [3.8, 4) is 0 Å². The highest BCUT2D eigenvalue weighted by Crippen LogP contribution is 2.25. The van der Waals surface area contributed by atoms with E-state index in [1.54, 1.807) is 0 Å². The Kier molecular flexibility index (Phi) is 1.51. The zero-order valence-electron chi connectivity index (χ0n) is 6.96. The number of anilines is 1. The van der Waals surface area contributed by atoms with Crippen molar-refractivity contribution in [2.45, 2.75) is 13.8 Å². The Hall–Kier alpha value is -1.16. The first kappa shape index (κ1) is 7.49. The van der Waals surface area contributed by atoms with Crippen LogP contribution in [0.5, 0.6) is 0 Å². The van der Waals surface area contributed by atoms with Gasteiger partial charge in [0.15, 0.2) is 5.13 Å². The minimum Gasteiger partial charge on any atom is -0.375 e. The fraction of sp³-hybridized carbons (Fsp3) is 0.250. The summed E-state index contributed by atoms with van der Waals surface area (Å²) in [7, 11) is 0. The third-order valence-corrected chi connectivity index (χ3v) is 2.53. The van der Waals surface area contributed by atoms with Crippen LogP contribution in [0.1, 0.15) is 11.4 Å². The normalized spacial score (nSPS) is 10.8. The van der Waals surface area contributed by atoms with Crippen LogP contribution in [0.3, 0.4) is 0 Å². The van der Waals surface area contributed by atoms with Crippen molar-refractivity contribution < 1.29 is 0 Å². The van der Waals surface area contributed by atoms with Gasteiger partial charge in [0.05, 0.1) is 10.4 Å². The molecule has 2 aromatic heterocycles. The van der Waals surface area contributed by atoms with Crippen molar-refractivity contribution >= 4 is 26.7 Å². The Labute approximate surface area is 74.3 Å². The summed E-state index contributed by atoms with van der Waals surface area (Å²) in [4.78, 5) is 8.49. The maximum Gasteiger partial charge on any atom is 0.181 e. The van der Waals surface area contributed by atoms with Crippen LogP contribution < -0.4 is 5.73 Å². The lowest BCUT2D eigenvalue weighted by Gasteiger charge is -1.94. The molecule has 0 aliphatic carbocycles. The highest BCUT2D eigenvalue weighted by molar-refractivity contribution is 7.22. The van der Waals surface area contributed by atoms with Gasteiger partial charge in [-0.15, -0.1) is 0 Å². The predicted octanol–water partition coefficient (Wildman–Crippen LogP) is 1.89. The van der Waals surface area contributed by atoms with Crippen molar-refractivity contribution in [2.24, 2.45) is 0 Å². The molecule has 0 amide bonds. The molecule has 0 aliphatic heterocycles. The average Bonchev–Trinajstić information content (AvgIpc) is 2.29. The topological polar surface area (TPSA) is 51.8 Å². The average molecular weight is 179 g/mol. The number of thiazole rings is 1. The Morgan fingerprint density at radius 1 is 1.33 bits per heavy atom. The number of aromatic nitrogens is 2. The largest absolute Gasteiger partial charge is 0.375 e. The van der Waals surface area contributed by atoms with Gasteiger partial charge < -0.3 is 5.73 Å². The molecule has 0 atom stereocenters. The van der Waals surface area contributed by atoms with Gasteiger partial charge in [-0.05, 0) is 19.9 Å². The first-order valence-corrected chi connectivity index (χ1v) is 4.49. The third kappa shape index (κ3) is 1.04. The monoisotopic (exact) mass is 179 g/mol. The van der Waals surface area contributed by atoms with Crippen LogP contribution in [0.2, 0.25) is 0 Å². The first-order chi connectivity index (χ1) is 5.66. The SMILES string of the molecule is Cc1cc2sc(N)nc2c(C)n1. The molecule has 0 aliphatic rings. The number of fused-ring (bicyclic) bond motifs is 1. The zero-order valence-corrected chi connectivity index (χ0v) is 7.77. The highest BCUT2D eigenvalue weighted by atomic mass is 32.1. The van der Waals surface area contributed by atoms with Crippen LogP contribution in [0.15, 0.2) is 6.07 Å². The highest BCUT2D eigenvalue weighted by Gasteiger charge is 2.04. The second kappa shape index (κ2) is 2.42. The van der Waals surface area contributed by atoms with Crippen LogP contribution in [0, 0.1) is 13.8 Å². The molecule has 2 N–H and O–H groups in total. The zero-order chi connectivity index (χ0) is 8.72. The number of pyridine rings is 1. The Morgan fingerprint density at radius 2 is 2.08 bits per heavy atom. The smallest absolute Gasteiger partial charge is 0.181 e. The summed E-state index contributed by atoms with van der Waals surface area (Å²) < 4.78 is 1.12. The van der Waals surface area contributed by atoms with Gasteiger partial charge in [0.25, 0.3) is 0 Å². The summed E-state index contributed by atoms with van der Waals surface area (Å²) >= 11 is 1.51. The Morgan fingerprint density at radius 3 is 2.83 bits per heavy atom. The molecular formula is C8H9N3S. The van der Waals surface area contributed by atoms with E-state index in [0.29, 0.717) is 5.13 Å². The fourth-order valence-corrected chi connectivity index (χ4v) is 2.13. The number of aryl methyl sites for hydroxylation is 2. The summed E-state index contributed by atoms with van der Waals surface area (Å²) in [6, 6.07) is 2.01. The quantitative estimate of drug-likeness (QED) is 0.672. The molecule has 4 heteroatoms. The van der Waals surface area contributed by atoms with E-state index in [0.717, 1.165) is 21.6 Å². The van der Waals surface area contributed by atoms with Crippen molar-refractivity contribution in [3.63, 3.8) is 0 Å². The van der Waals surface area contributed by atoms with Gasteiger partial charge in [-0.25, -0.2) is 4.98 Å². The summed E-state index contributed by atoms with van der Waals surface area (Å²) in [6.07, 6.45) is 0. The van der Waals surface area contributed by atoms with Crippen molar-refractivity contribution in [1.29, 1.82) is 0 Å². The number of nitrogen functional groups attached to an aromatic ring is 1. The molecule has 0 saturated carbocycles. The van der Waals surface area contributed by atoms with Crippen LogP contribution in [-0.4, -0.2) is 9.97 Å². The van der Waals surface area contributed by atoms with Crippen LogP contribution >= 0.6 is 11.3 Å². The lowest BCUT2D eigenvalue weighted by molar-refractivity contribution is 1.14. The molecule has 0 saturated heterocycles. The third-order valence-electron chi connectivity index (χ3n) is 1.70. The van der Waals surface area contributed by atoms with E-state index in [2.05, 4.69) is 9.97 Å². The summed E-state index contributed by atoms with van der Waals surface area (Å²) in [6.45, 7) is 3.93. The van der Waals surface area contributed by atoms with Crippen LogP contribution in [-0.2, 0) is 0 Å². The minimum atomic E-state index is 0.612. The molecule has 12 heavy (non-hydrogen) atoms. The van der Waals surface area contributed by atoms with Gasteiger partial charge in [-0.3, -0.25) is 4.98 Å².